The number of carbonyl (C=O) groups is 1. The van der Waals surface area contributed by atoms with Crippen LogP contribution in [0.25, 0.3) is 0 Å². The second-order valence-electron chi connectivity index (χ2n) is 7.84. The Balaban J connectivity index is 1.76. The second kappa shape index (κ2) is 10.4. The van der Waals surface area contributed by atoms with E-state index in [1.807, 2.05) is 48.2 Å². The van der Waals surface area contributed by atoms with Gasteiger partial charge in [0.25, 0.3) is 0 Å². The van der Waals surface area contributed by atoms with Gasteiger partial charge in [-0.25, -0.2) is 0 Å². The van der Waals surface area contributed by atoms with Crippen molar-refractivity contribution < 1.29 is 14.6 Å². The Kier molecular flexibility index (Phi) is 7.70. The van der Waals surface area contributed by atoms with Crippen LogP contribution in [0.15, 0.2) is 48.5 Å². The molecule has 29 heavy (non-hydrogen) atoms. The van der Waals surface area contributed by atoms with Crippen molar-refractivity contribution in [2.24, 2.45) is 0 Å². The lowest BCUT2D eigenvalue weighted by atomic mass is 9.94. The van der Waals surface area contributed by atoms with Crippen LogP contribution in [-0.4, -0.2) is 23.7 Å². The van der Waals surface area contributed by atoms with Crippen LogP contribution in [0.3, 0.4) is 0 Å². The quantitative estimate of drug-likeness (QED) is 0.615. The van der Waals surface area contributed by atoms with Gasteiger partial charge in [-0.05, 0) is 68.0 Å². The van der Waals surface area contributed by atoms with Gasteiger partial charge in [-0.15, -0.1) is 0 Å². The standard InChI is InChI=1S/C25H33NO3/c1-3-5-11-24(27)20-13-15-21(16-14-20)26-22(9-7-12-25(26)28)17-19-8-6-10-23(18-19)29-4-2/h6,8,10,13-16,18,22,24,27H,3-5,7,9,11-12,17H2,1-2H3. The van der Waals surface area contributed by atoms with Crippen LogP contribution in [0.4, 0.5) is 5.69 Å². The number of rotatable bonds is 9. The van der Waals surface area contributed by atoms with E-state index < -0.39 is 6.10 Å². The molecule has 1 heterocycles. The van der Waals surface area contributed by atoms with Gasteiger partial charge in [0.05, 0.1) is 12.7 Å². The first-order valence-electron chi connectivity index (χ1n) is 10.9. The number of amides is 1. The van der Waals surface area contributed by atoms with E-state index in [0.717, 1.165) is 55.5 Å². The Hall–Kier alpha value is -2.33. The number of aliphatic hydroxyl groups is 1. The summed E-state index contributed by atoms with van der Waals surface area (Å²) in [5.41, 5.74) is 3.03. The minimum Gasteiger partial charge on any atom is -0.494 e. The third kappa shape index (κ3) is 5.60. The van der Waals surface area contributed by atoms with Crippen molar-refractivity contribution >= 4 is 11.6 Å². The zero-order valence-electron chi connectivity index (χ0n) is 17.6. The van der Waals surface area contributed by atoms with Crippen molar-refractivity contribution in [2.75, 3.05) is 11.5 Å². The van der Waals surface area contributed by atoms with Crippen LogP contribution in [0.2, 0.25) is 0 Å². The Morgan fingerprint density at radius 1 is 1.17 bits per heavy atom. The maximum atomic E-state index is 12.8. The van der Waals surface area contributed by atoms with E-state index in [9.17, 15) is 9.90 Å². The van der Waals surface area contributed by atoms with E-state index in [0.29, 0.717) is 13.0 Å². The molecule has 0 aromatic heterocycles. The van der Waals surface area contributed by atoms with Crippen LogP contribution in [0.5, 0.6) is 5.75 Å². The molecule has 1 aliphatic heterocycles. The fourth-order valence-corrected chi connectivity index (χ4v) is 4.11. The van der Waals surface area contributed by atoms with Crippen LogP contribution in [0.1, 0.15) is 69.6 Å². The molecule has 1 fully saturated rings. The first-order chi connectivity index (χ1) is 14.1. The van der Waals surface area contributed by atoms with Gasteiger partial charge in [0.1, 0.15) is 5.75 Å². The smallest absolute Gasteiger partial charge is 0.227 e. The SMILES string of the molecule is CCCCC(O)c1ccc(N2C(=O)CCCC2Cc2cccc(OCC)c2)cc1. The van der Waals surface area contributed by atoms with Gasteiger partial charge in [-0.3, -0.25) is 4.79 Å². The highest BCUT2D eigenvalue weighted by molar-refractivity contribution is 5.94. The van der Waals surface area contributed by atoms with E-state index in [1.165, 1.54) is 5.56 Å². The normalized spacial score (nSPS) is 18.0. The molecule has 2 aromatic carbocycles. The number of nitrogens with zero attached hydrogens (tertiary/aromatic N) is 1. The minimum absolute atomic E-state index is 0.143. The molecule has 2 unspecified atom stereocenters. The summed E-state index contributed by atoms with van der Waals surface area (Å²) in [4.78, 5) is 14.7. The van der Waals surface area contributed by atoms with Crippen molar-refractivity contribution in [3.8, 4) is 5.75 Å². The van der Waals surface area contributed by atoms with Gasteiger partial charge in [-0.2, -0.15) is 0 Å². The van der Waals surface area contributed by atoms with Gasteiger partial charge in [-0.1, -0.05) is 44.0 Å². The molecule has 3 rings (SSSR count). The zero-order valence-corrected chi connectivity index (χ0v) is 17.6. The van der Waals surface area contributed by atoms with Crippen LogP contribution in [-0.2, 0) is 11.2 Å². The highest BCUT2D eigenvalue weighted by Gasteiger charge is 2.29. The van der Waals surface area contributed by atoms with E-state index >= 15 is 0 Å². The molecule has 1 amide bonds. The van der Waals surface area contributed by atoms with Crippen LogP contribution in [0, 0.1) is 0 Å². The zero-order chi connectivity index (χ0) is 20.6. The summed E-state index contributed by atoms with van der Waals surface area (Å²) >= 11 is 0. The lowest BCUT2D eigenvalue weighted by Gasteiger charge is -2.36. The molecule has 0 spiro atoms. The number of carbonyl (C=O) groups excluding carboxylic acids is 1. The Bertz CT molecular complexity index is 787. The molecule has 4 nitrogen and oxygen atoms in total. The molecule has 1 aliphatic rings. The Morgan fingerprint density at radius 3 is 2.69 bits per heavy atom. The molecule has 0 saturated carbocycles. The maximum Gasteiger partial charge on any atom is 0.227 e. The molecular weight excluding hydrogens is 362 g/mol. The fourth-order valence-electron chi connectivity index (χ4n) is 4.11. The van der Waals surface area contributed by atoms with E-state index in [2.05, 4.69) is 19.1 Å². The molecule has 1 saturated heterocycles. The number of anilines is 1. The molecule has 0 radical (unpaired) electrons. The lowest BCUT2D eigenvalue weighted by Crippen LogP contribution is -2.45. The average Bonchev–Trinajstić information content (AvgIpc) is 2.73. The topological polar surface area (TPSA) is 49.8 Å². The van der Waals surface area contributed by atoms with Crippen molar-refractivity contribution in [3.05, 3.63) is 59.7 Å². The highest BCUT2D eigenvalue weighted by atomic mass is 16.5. The maximum absolute atomic E-state index is 12.8. The third-order valence-electron chi connectivity index (χ3n) is 5.63. The summed E-state index contributed by atoms with van der Waals surface area (Å²) in [5.74, 6) is 1.06. The molecule has 2 aromatic rings. The van der Waals surface area contributed by atoms with Gasteiger partial charge >= 0.3 is 0 Å². The average molecular weight is 396 g/mol. The number of ether oxygens (including phenoxy) is 1. The van der Waals surface area contributed by atoms with E-state index in [-0.39, 0.29) is 11.9 Å². The number of piperidine rings is 1. The summed E-state index contributed by atoms with van der Waals surface area (Å²) in [5, 5.41) is 10.3. The Labute approximate surface area is 174 Å². The first-order valence-corrected chi connectivity index (χ1v) is 10.9. The summed E-state index contributed by atoms with van der Waals surface area (Å²) in [6.45, 7) is 4.76. The number of aliphatic hydroxyl groups excluding tert-OH is 1. The predicted molar refractivity (Wildman–Crippen MR) is 117 cm³/mol. The molecule has 2 atom stereocenters. The monoisotopic (exact) mass is 395 g/mol. The van der Waals surface area contributed by atoms with E-state index in [1.54, 1.807) is 0 Å². The molecule has 4 heteroatoms. The number of hydrogen-bond acceptors (Lipinski definition) is 3. The van der Waals surface area contributed by atoms with Crippen molar-refractivity contribution in [1.29, 1.82) is 0 Å². The first kappa shape index (κ1) is 21.4. The van der Waals surface area contributed by atoms with E-state index in [4.69, 9.17) is 4.74 Å². The Morgan fingerprint density at radius 2 is 1.97 bits per heavy atom. The summed E-state index contributed by atoms with van der Waals surface area (Å²) < 4.78 is 5.63. The number of benzene rings is 2. The molecular formula is C25H33NO3. The summed E-state index contributed by atoms with van der Waals surface area (Å²) in [7, 11) is 0. The van der Waals surface area contributed by atoms with Gasteiger partial charge in [0, 0.05) is 18.2 Å². The highest BCUT2D eigenvalue weighted by Crippen LogP contribution is 2.30. The fraction of sp³-hybridized carbons (Fsp3) is 0.480. The summed E-state index contributed by atoms with van der Waals surface area (Å²) in [6.07, 6.45) is 5.75. The predicted octanol–water partition coefficient (Wildman–Crippen LogP) is 5.44. The van der Waals surface area contributed by atoms with Gasteiger partial charge < -0.3 is 14.7 Å². The molecule has 156 valence electrons. The van der Waals surface area contributed by atoms with Gasteiger partial charge in [0.2, 0.25) is 5.91 Å². The third-order valence-corrected chi connectivity index (χ3v) is 5.63. The van der Waals surface area contributed by atoms with Crippen molar-refractivity contribution in [3.63, 3.8) is 0 Å². The number of hydrogen-bond donors (Lipinski definition) is 1. The molecule has 1 N–H and O–H groups in total. The van der Waals surface area contributed by atoms with Gasteiger partial charge in [0.15, 0.2) is 0 Å². The second-order valence-corrected chi connectivity index (χ2v) is 7.84. The largest absolute Gasteiger partial charge is 0.494 e. The number of unbranched alkanes of at least 4 members (excludes halogenated alkanes) is 1. The molecule has 0 bridgehead atoms. The lowest BCUT2D eigenvalue weighted by molar-refractivity contribution is -0.120. The summed E-state index contributed by atoms with van der Waals surface area (Å²) in [6, 6.07) is 16.2. The van der Waals surface area contributed by atoms with Crippen molar-refractivity contribution in [2.45, 2.75) is 70.9 Å². The van der Waals surface area contributed by atoms with Crippen LogP contribution >= 0.6 is 0 Å². The van der Waals surface area contributed by atoms with Crippen molar-refractivity contribution in [1.82, 2.24) is 0 Å². The minimum atomic E-state index is -0.432. The molecule has 0 aliphatic carbocycles. The van der Waals surface area contributed by atoms with Crippen LogP contribution < -0.4 is 9.64 Å².